The molecule has 0 spiro atoms. The zero-order valence-corrected chi connectivity index (χ0v) is 32.6. The Morgan fingerprint density at radius 1 is 0.647 bits per heavy atom. The summed E-state index contributed by atoms with van der Waals surface area (Å²) >= 11 is 0. The van der Waals surface area contributed by atoms with Crippen molar-refractivity contribution in [1.82, 2.24) is 5.32 Å². The first kappa shape index (κ1) is 47.7. The molecule has 1 saturated heterocycles. The highest BCUT2D eigenvalue weighted by molar-refractivity contribution is 5.75. The molecule has 300 valence electrons. The first-order valence-corrected chi connectivity index (χ1v) is 21.1. The Morgan fingerprint density at radius 2 is 1.10 bits per heavy atom. The zero-order valence-electron chi connectivity index (χ0n) is 32.6. The molecule has 0 aliphatic carbocycles. The Labute approximate surface area is 311 Å². The number of nitrogens with one attached hydrogen (secondary N) is 1. The third-order valence-corrected chi connectivity index (χ3v) is 10.1. The van der Waals surface area contributed by atoms with Crippen molar-refractivity contribution in [2.45, 2.75) is 224 Å². The monoisotopic (exact) mass is 726 g/mol. The number of aliphatic hydroxyl groups excluding tert-OH is 5. The van der Waals surface area contributed by atoms with Gasteiger partial charge in [-0.1, -0.05) is 173 Å². The van der Waals surface area contributed by atoms with Gasteiger partial charge in [0, 0.05) is 6.42 Å². The third kappa shape index (κ3) is 24.6. The summed E-state index contributed by atoms with van der Waals surface area (Å²) in [7, 11) is 0. The van der Waals surface area contributed by atoms with E-state index in [4.69, 9.17) is 9.47 Å². The van der Waals surface area contributed by atoms with Crippen LogP contribution < -0.4 is 5.32 Å². The van der Waals surface area contributed by atoms with Crippen LogP contribution in [0, 0.1) is 0 Å². The molecule has 1 aliphatic heterocycles. The van der Waals surface area contributed by atoms with Crippen molar-refractivity contribution in [1.29, 1.82) is 0 Å². The predicted molar refractivity (Wildman–Crippen MR) is 207 cm³/mol. The number of hydrogen-bond acceptors (Lipinski definition) is 8. The van der Waals surface area contributed by atoms with Crippen molar-refractivity contribution in [3.63, 3.8) is 0 Å². The van der Waals surface area contributed by atoms with E-state index in [-0.39, 0.29) is 18.9 Å². The summed E-state index contributed by atoms with van der Waals surface area (Å²) in [5, 5.41) is 52.9. The molecule has 1 heterocycles. The first-order valence-electron chi connectivity index (χ1n) is 21.1. The van der Waals surface area contributed by atoms with Gasteiger partial charge in [0.25, 0.3) is 0 Å². The van der Waals surface area contributed by atoms with E-state index in [1.165, 1.54) is 141 Å². The molecule has 1 fully saturated rings. The van der Waals surface area contributed by atoms with Crippen LogP contribution in [-0.2, 0) is 14.3 Å². The molecule has 1 rings (SSSR count). The Morgan fingerprint density at radius 3 is 1.57 bits per heavy atom. The second kappa shape index (κ2) is 33.3. The van der Waals surface area contributed by atoms with Crippen LogP contribution in [0.2, 0.25) is 0 Å². The number of rotatable bonds is 34. The molecular weight excluding hydrogens is 646 g/mol. The lowest BCUT2D eigenvalue weighted by Crippen LogP contribution is -2.60. The molecule has 0 bridgehead atoms. The fraction of sp³-hybridized carbons (Fsp3) is 0.881. The second-order valence-corrected chi connectivity index (χ2v) is 14.7. The van der Waals surface area contributed by atoms with E-state index in [2.05, 4.69) is 24.4 Å². The van der Waals surface area contributed by atoms with Crippen molar-refractivity contribution >= 4 is 5.91 Å². The maximum Gasteiger partial charge on any atom is 0.220 e. The normalized spacial score (nSPS) is 22.2. The van der Waals surface area contributed by atoms with Gasteiger partial charge < -0.3 is 40.3 Å². The molecule has 9 nitrogen and oxygen atoms in total. The zero-order chi connectivity index (χ0) is 37.4. The van der Waals surface area contributed by atoms with E-state index < -0.39 is 49.5 Å². The lowest BCUT2D eigenvalue weighted by Gasteiger charge is -2.40. The number of amides is 1. The highest BCUT2D eigenvalue weighted by Gasteiger charge is 2.44. The number of carbonyl (C=O) groups excluding carboxylic acids is 1. The van der Waals surface area contributed by atoms with Crippen molar-refractivity contribution in [2.75, 3.05) is 13.2 Å². The topological polar surface area (TPSA) is 149 Å². The molecule has 0 aromatic heterocycles. The summed E-state index contributed by atoms with van der Waals surface area (Å²) in [6.45, 7) is 3.21. The van der Waals surface area contributed by atoms with Crippen molar-refractivity contribution in [3.8, 4) is 0 Å². The van der Waals surface area contributed by atoms with Gasteiger partial charge in [-0.15, -0.1) is 0 Å². The highest BCUT2D eigenvalue weighted by Crippen LogP contribution is 2.22. The molecule has 7 atom stereocenters. The minimum atomic E-state index is -1.56. The number of carbonyl (C=O) groups is 1. The van der Waals surface area contributed by atoms with Gasteiger partial charge in [-0.05, 0) is 25.7 Å². The largest absolute Gasteiger partial charge is 0.394 e. The minimum Gasteiger partial charge on any atom is -0.394 e. The summed E-state index contributed by atoms with van der Waals surface area (Å²) in [4.78, 5) is 12.0. The quantitative estimate of drug-likeness (QED) is 0.0289. The fourth-order valence-corrected chi connectivity index (χ4v) is 6.61. The summed E-state index contributed by atoms with van der Waals surface area (Å²) < 4.78 is 10.9. The molecule has 1 amide bonds. The van der Waals surface area contributed by atoms with Crippen molar-refractivity contribution in [3.05, 3.63) is 24.3 Å². The SMILES string of the molecule is CCCCCCCCCCCCCCCCCCCCCCCC/C=C/CC/C=C/C(O)C(COC1OC(CO)C(O)C(O)C1O)NC(=O)CC. The average Bonchev–Trinajstić information content (AvgIpc) is 3.13. The van der Waals surface area contributed by atoms with Gasteiger partial charge in [-0.2, -0.15) is 0 Å². The van der Waals surface area contributed by atoms with Crippen LogP contribution in [0.25, 0.3) is 0 Å². The predicted octanol–water partition coefficient (Wildman–Crippen LogP) is 7.94. The van der Waals surface area contributed by atoms with Crippen LogP contribution in [0.15, 0.2) is 24.3 Å². The van der Waals surface area contributed by atoms with Gasteiger partial charge in [-0.25, -0.2) is 0 Å². The van der Waals surface area contributed by atoms with Crippen LogP contribution in [0.5, 0.6) is 0 Å². The standard InChI is InChI=1S/C42H79NO8/c1-3-5-6-7-8-9-10-11-12-13-14-15-16-17-18-19-20-21-22-23-24-25-26-27-28-29-30-31-32-36(45)35(43-38(46)4-2)34-50-42-41(49)40(48)39(47)37(33-44)51-42/h27-28,31-32,35-37,39-42,44-45,47-49H,3-26,29-30,33-34H2,1-2H3,(H,43,46)/b28-27+,32-31+. The maximum absolute atomic E-state index is 12.0. The van der Waals surface area contributed by atoms with Gasteiger partial charge in [-0.3, -0.25) is 4.79 Å². The van der Waals surface area contributed by atoms with Crippen molar-refractivity contribution in [2.24, 2.45) is 0 Å². The lowest BCUT2D eigenvalue weighted by atomic mass is 9.99. The van der Waals surface area contributed by atoms with Crippen LogP contribution >= 0.6 is 0 Å². The molecule has 9 heteroatoms. The average molecular weight is 726 g/mol. The Balaban J connectivity index is 2.02. The van der Waals surface area contributed by atoms with Gasteiger partial charge in [0.05, 0.1) is 25.4 Å². The molecule has 6 N–H and O–H groups in total. The summed E-state index contributed by atoms with van der Waals surface area (Å²) in [5.41, 5.74) is 0. The van der Waals surface area contributed by atoms with E-state index in [0.29, 0.717) is 0 Å². The second-order valence-electron chi connectivity index (χ2n) is 14.7. The Hall–Kier alpha value is -1.33. The molecule has 7 unspecified atom stereocenters. The van der Waals surface area contributed by atoms with E-state index in [1.807, 2.05) is 6.08 Å². The summed E-state index contributed by atoms with van der Waals surface area (Å²) in [6.07, 6.45) is 33.5. The van der Waals surface area contributed by atoms with Crippen LogP contribution in [0.1, 0.15) is 181 Å². The minimum absolute atomic E-state index is 0.209. The van der Waals surface area contributed by atoms with Crippen LogP contribution in [0.3, 0.4) is 0 Å². The molecule has 0 aromatic carbocycles. The third-order valence-electron chi connectivity index (χ3n) is 10.1. The van der Waals surface area contributed by atoms with E-state index >= 15 is 0 Å². The van der Waals surface area contributed by atoms with Gasteiger partial charge in [0.2, 0.25) is 5.91 Å². The first-order chi connectivity index (χ1) is 24.8. The number of unbranched alkanes of at least 4 members (excludes halogenated alkanes) is 23. The van der Waals surface area contributed by atoms with Crippen LogP contribution in [0.4, 0.5) is 0 Å². The van der Waals surface area contributed by atoms with Crippen molar-refractivity contribution < 1.29 is 39.8 Å². The molecule has 0 aromatic rings. The summed E-state index contributed by atoms with van der Waals surface area (Å²) in [6, 6.07) is -0.814. The number of hydrogen-bond donors (Lipinski definition) is 6. The van der Waals surface area contributed by atoms with E-state index in [1.54, 1.807) is 13.0 Å². The van der Waals surface area contributed by atoms with Gasteiger partial charge in [0.1, 0.15) is 24.4 Å². The van der Waals surface area contributed by atoms with Crippen LogP contribution in [-0.4, -0.2) is 87.5 Å². The highest BCUT2D eigenvalue weighted by atomic mass is 16.7. The van der Waals surface area contributed by atoms with E-state index in [0.717, 1.165) is 19.3 Å². The molecule has 51 heavy (non-hydrogen) atoms. The molecule has 0 saturated carbocycles. The molecular formula is C42H79NO8. The Kier molecular flexibility index (Phi) is 31.1. The smallest absolute Gasteiger partial charge is 0.220 e. The lowest BCUT2D eigenvalue weighted by molar-refractivity contribution is -0.302. The molecule has 0 radical (unpaired) electrons. The Bertz CT molecular complexity index is 853. The maximum atomic E-state index is 12.0. The molecule has 1 aliphatic rings. The van der Waals surface area contributed by atoms with E-state index in [9.17, 15) is 30.3 Å². The number of aliphatic hydroxyl groups is 5. The summed E-state index contributed by atoms with van der Waals surface area (Å²) in [5.74, 6) is -0.275. The fourth-order valence-electron chi connectivity index (χ4n) is 6.61. The van der Waals surface area contributed by atoms with Gasteiger partial charge in [0.15, 0.2) is 6.29 Å². The van der Waals surface area contributed by atoms with Gasteiger partial charge >= 0.3 is 0 Å². The number of allylic oxidation sites excluding steroid dienone is 3. The number of ether oxygens (including phenoxy) is 2.